The van der Waals surface area contributed by atoms with E-state index in [2.05, 4.69) is 21.2 Å². The first kappa shape index (κ1) is 14.0. The minimum atomic E-state index is -3.23. The van der Waals surface area contributed by atoms with E-state index in [0.717, 1.165) is 19.4 Å². The van der Waals surface area contributed by atoms with Crippen molar-refractivity contribution in [1.82, 2.24) is 5.32 Å². The molecular weight excluding hydrogens is 314 g/mol. The first-order chi connectivity index (χ1) is 8.54. The second-order valence-corrected chi connectivity index (χ2v) is 7.57. The molecule has 100 valence electrons. The lowest BCUT2D eigenvalue weighted by molar-refractivity contribution is 0.502. The van der Waals surface area contributed by atoms with Crippen molar-refractivity contribution < 1.29 is 8.42 Å². The van der Waals surface area contributed by atoms with Crippen LogP contribution >= 0.6 is 15.9 Å². The average Bonchev–Trinajstić information content (AvgIpc) is 3.12. The zero-order chi connectivity index (χ0) is 13.2. The molecule has 5 heteroatoms. The molecule has 1 aromatic carbocycles. The van der Waals surface area contributed by atoms with Crippen molar-refractivity contribution in [2.24, 2.45) is 5.92 Å². The standard InChI is InChI=1S/C13H18BrNO2S/c1-2-15-12(10-7-8-10)9-18(16,17)13-6-4-3-5-11(13)14/h3-6,10,12,15H,2,7-9H2,1H3. The van der Waals surface area contributed by atoms with Crippen LogP contribution in [0.15, 0.2) is 33.6 Å². The third-order valence-corrected chi connectivity index (χ3v) is 6.01. The van der Waals surface area contributed by atoms with Crippen molar-refractivity contribution in [3.8, 4) is 0 Å². The van der Waals surface area contributed by atoms with Crippen LogP contribution in [-0.4, -0.2) is 26.8 Å². The quantitative estimate of drug-likeness (QED) is 0.871. The van der Waals surface area contributed by atoms with Gasteiger partial charge in [0, 0.05) is 10.5 Å². The van der Waals surface area contributed by atoms with Crippen LogP contribution in [0.25, 0.3) is 0 Å². The van der Waals surface area contributed by atoms with Gasteiger partial charge in [0.15, 0.2) is 9.84 Å². The molecule has 1 aliphatic rings. The molecule has 3 nitrogen and oxygen atoms in total. The summed E-state index contributed by atoms with van der Waals surface area (Å²) in [6, 6.07) is 7.11. The zero-order valence-electron chi connectivity index (χ0n) is 10.4. The molecule has 0 heterocycles. The van der Waals surface area contributed by atoms with E-state index < -0.39 is 9.84 Å². The Morgan fingerprint density at radius 1 is 1.39 bits per heavy atom. The largest absolute Gasteiger partial charge is 0.313 e. The van der Waals surface area contributed by atoms with Gasteiger partial charge in [-0.25, -0.2) is 8.42 Å². The number of hydrogen-bond donors (Lipinski definition) is 1. The monoisotopic (exact) mass is 331 g/mol. The Hall–Kier alpha value is -0.390. The summed E-state index contributed by atoms with van der Waals surface area (Å²) in [5.74, 6) is 0.718. The maximum absolute atomic E-state index is 12.4. The Labute approximate surface area is 117 Å². The van der Waals surface area contributed by atoms with Crippen LogP contribution in [0.4, 0.5) is 0 Å². The molecule has 1 aromatic rings. The van der Waals surface area contributed by atoms with Gasteiger partial charge in [-0.1, -0.05) is 19.1 Å². The van der Waals surface area contributed by atoms with Crippen molar-refractivity contribution in [2.75, 3.05) is 12.3 Å². The van der Waals surface area contributed by atoms with Crippen LogP contribution in [0.3, 0.4) is 0 Å². The van der Waals surface area contributed by atoms with Crippen molar-refractivity contribution in [2.45, 2.75) is 30.7 Å². The van der Waals surface area contributed by atoms with E-state index in [1.54, 1.807) is 18.2 Å². The van der Waals surface area contributed by atoms with E-state index in [1.165, 1.54) is 0 Å². The Balaban J connectivity index is 2.18. The lowest BCUT2D eigenvalue weighted by atomic mass is 10.2. The second-order valence-electron chi connectivity index (χ2n) is 4.71. The summed E-state index contributed by atoms with van der Waals surface area (Å²) in [6.07, 6.45) is 2.28. The highest BCUT2D eigenvalue weighted by Gasteiger charge is 2.34. The van der Waals surface area contributed by atoms with Crippen LogP contribution in [-0.2, 0) is 9.84 Å². The van der Waals surface area contributed by atoms with Gasteiger partial charge in [-0.05, 0) is 53.4 Å². The lowest BCUT2D eigenvalue weighted by Gasteiger charge is -2.17. The third kappa shape index (κ3) is 3.33. The maximum Gasteiger partial charge on any atom is 0.181 e. The molecule has 0 saturated heterocycles. The van der Waals surface area contributed by atoms with E-state index in [4.69, 9.17) is 0 Å². The van der Waals surface area contributed by atoms with Gasteiger partial charge in [0.25, 0.3) is 0 Å². The lowest BCUT2D eigenvalue weighted by Crippen LogP contribution is -2.37. The van der Waals surface area contributed by atoms with Gasteiger partial charge >= 0.3 is 0 Å². The molecule has 0 aliphatic heterocycles. The Morgan fingerprint density at radius 3 is 2.61 bits per heavy atom. The molecule has 1 N–H and O–H groups in total. The molecule has 2 rings (SSSR count). The summed E-state index contributed by atoms with van der Waals surface area (Å²) in [5.41, 5.74) is 0. The van der Waals surface area contributed by atoms with Gasteiger partial charge in [-0.2, -0.15) is 0 Å². The minimum Gasteiger partial charge on any atom is -0.313 e. The molecule has 0 radical (unpaired) electrons. The van der Waals surface area contributed by atoms with E-state index in [-0.39, 0.29) is 11.8 Å². The second kappa shape index (κ2) is 5.72. The number of rotatable bonds is 6. The van der Waals surface area contributed by atoms with Gasteiger partial charge in [0.1, 0.15) is 0 Å². The predicted octanol–water partition coefficient (Wildman–Crippen LogP) is 2.61. The van der Waals surface area contributed by atoms with E-state index in [0.29, 0.717) is 15.3 Å². The van der Waals surface area contributed by atoms with Gasteiger partial charge in [0.05, 0.1) is 10.6 Å². The molecule has 1 atom stereocenters. The molecule has 18 heavy (non-hydrogen) atoms. The molecule has 0 aromatic heterocycles. The van der Waals surface area contributed by atoms with Crippen LogP contribution in [0, 0.1) is 5.92 Å². The van der Waals surface area contributed by atoms with Gasteiger partial charge in [-0.15, -0.1) is 0 Å². The van der Waals surface area contributed by atoms with Crippen molar-refractivity contribution in [1.29, 1.82) is 0 Å². The molecule has 1 saturated carbocycles. The van der Waals surface area contributed by atoms with Crippen LogP contribution < -0.4 is 5.32 Å². The van der Waals surface area contributed by atoms with Crippen molar-refractivity contribution in [3.63, 3.8) is 0 Å². The highest BCUT2D eigenvalue weighted by Crippen LogP contribution is 2.34. The number of benzene rings is 1. The third-order valence-electron chi connectivity index (χ3n) is 3.23. The van der Waals surface area contributed by atoms with E-state index in [1.807, 2.05) is 13.0 Å². The smallest absolute Gasteiger partial charge is 0.181 e. The summed E-state index contributed by atoms with van der Waals surface area (Å²) in [4.78, 5) is 0.397. The fourth-order valence-corrected chi connectivity index (χ4v) is 4.86. The molecule has 0 amide bonds. The van der Waals surface area contributed by atoms with Crippen LogP contribution in [0.1, 0.15) is 19.8 Å². The van der Waals surface area contributed by atoms with Gasteiger partial charge in [-0.3, -0.25) is 0 Å². The fourth-order valence-electron chi connectivity index (χ4n) is 2.15. The number of sulfone groups is 1. The molecule has 1 unspecified atom stereocenters. The van der Waals surface area contributed by atoms with Gasteiger partial charge in [0.2, 0.25) is 0 Å². The minimum absolute atomic E-state index is 0.0899. The number of hydrogen-bond acceptors (Lipinski definition) is 3. The molecule has 0 spiro atoms. The topological polar surface area (TPSA) is 46.2 Å². The van der Waals surface area contributed by atoms with Crippen molar-refractivity contribution in [3.05, 3.63) is 28.7 Å². The first-order valence-electron chi connectivity index (χ1n) is 6.25. The van der Waals surface area contributed by atoms with Crippen LogP contribution in [0.2, 0.25) is 0 Å². The summed E-state index contributed by atoms with van der Waals surface area (Å²) >= 11 is 3.31. The molecule has 0 bridgehead atoms. The summed E-state index contributed by atoms with van der Waals surface area (Å²) in [5, 5.41) is 3.30. The number of nitrogens with one attached hydrogen (secondary N) is 1. The fraction of sp³-hybridized carbons (Fsp3) is 0.538. The molecule has 1 fully saturated rings. The van der Waals surface area contributed by atoms with Crippen molar-refractivity contribution >= 4 is 25.8 Å². The normalized spacial score (nSPS) is 17.7. The summed E-state index contributed by atoms with van der Waals surface area (Å²) in [6.45, 7) is 2.83. The highest BCUT2D eigenvalue weighted by molar-refractivity contribution is 9.10. The maximum atomic E-state index is 12.4. The van der Waals surface area contributed by atoms with Crippen LogP contribution in [0.5, 0.6) is 0 Å². The number of halogens is 1. The predicted molar refractivity (Wildman–Crippen MR) is 76.4 cm³/mol. The Bertz CT molecular complexity index is 511. The summed E-state index contributed by atoms with van der Waals surface area (Å²) in [7, 11) is -3.23. The van der Waals surface area contributed by atoms with E-state index in [9.17, 15) is 8.42 Å². The van der Waals surface area contributed by atoms with E-state index >= 15 is 0 Å². The average molecular weight is 332 g/mol. The molecular formula is C13H18BrNO2S. The zero-order valence-corrected chi connectivity index (χ0v) is 12.8. The first-order valence-corrected chi connectivity index (χ1v) is 8.70. The molecule has 1 aliphatic carbocycles. The highest BCUT2D eigenvalue weighted by atomic mass is 79.9. The summed E-state index contributed by atoms with van der Waals surface area (Å²) < 4.78 is 25.5. The van der Waals surface area contributed by atoms with Gasteiger partial charge < -0.3 is 5.32 Å². The SMILES string of the molecule is CCNC(CS(=O)(=O)c1ccccc1Br)C1CC1. The Kier molecular flexibility index (Phi) is 4.45. The Morgan fingerprint density at radius 2 is 2.06 bits per heavy atom.